The van der Waals surface area contributed by atoms with E-state index in [1.165, 1.54) is 116 Å². The highest BCUT2D eigenvalue weighted by Crippen LogP contribution is 2.43. The number of esters is 1. The molecule has 1 amide bonds. The molecule has 3 atom stereocenters. The number of likely N-dealkylation sites (N-methyl/N-ethyl adjacent to an activating group) is 1. The molecule has 0 rings (SSSR count). The predicted molar refractivity (Wildman–Crippen MR) is 305 cm³/mol. The van der Waals surface area contributed by atoms with E-state index >= 15 is 0 Å². The number of carbonyl (C=O) groups is 2. The molecule has 10 heteroatoms. The number of nitrogens with zero attached hydrogens (tertiary/aromatic N) is 1. The summed E-state index contributed by atoms with van der Waals surface area (Å²) in [4.78, 5) is 37.6. The minimum atomic E-state index is -4.45. The van der Waals surface area contributed by atoms with E-state index in [1.807, 2.05) is 33.3 Å². The van der Waals surface area contributed by atoms with Crippen LogP contribution >= 0.6 is 7.82 Å². The summed E-state index contributed by atoms with van der Waals surface area (Å²) in [5, 5.41) is 3.04. The summed E-state index contributed by atoms with van der Waals surface area (Å²) in [6, 6.07) is -0.861. The molecule has 0 radical (unpaired) electrons. The van der Waals surface area contributed by atoms with Crippen molar-refractivity contribution in [2.24, 2.45) is 0 Å². The third kappa shape index (κ3) is 52.1. The van der Waals surface area contributed by atoms with Crippen molar-refractivity contribution < 1.29 is 37.3 Å². The van der Waals surface area contributed by atoms with E-state index in [4.69, 9.17) is 13.8 Å². The van der Waals surface area contributed by atoms with Crippen molar-refractivity contribution in [2.45, 2.75) is 264 Å². The van der Waals surface area contributed by atoms with Crippen molar-refractivity contribution in [2.75, 3.05) is 40.9 Å². The van der Waals surface area contributed by atoms with Crippen LogP contribution in [0.5, 0.6) is 0 Å². The van der Waals surface area contributed by atoms with E-state index in [0.29, 0.717) is 17.4 Å². The lowest BCUT2D eigenvalue weighted by Crippen LogP contribution is -2.47. The highest BCUT2D eigenvalue weighted by molar-refractivity contribution is 7.47. The second-order valence-electron chi connectivity index (χ2n) is 20.8. The molecule has 3 unspecified atom stereocenters. The Bertz CT molecular complexity index is 1450. The summed E-state index contributed by atoms with van der Waals surface area (Å²) in [7, 11) is 1.47. The summed E-state index contributed by atoms with van der Waals surface area (Å²) in [5.41, 5.74) is 0. The van der Waals surface area contributed by atoms with Gasteiger partial charge in [0.1, 0.15) is 19.3 Å². The Labute approximate surface area is 438 Å². The van der Waals surface area contributed by atoms with E-state index in [2.05, 4.69) is 86.8 Å². The molecule has 0 aliphatic carbocycles. The molecule has 0 saturated carbocycles. The summed E-state index contributed by atoms with van der Waals surface area (Å²) in [5.74, 6) is -0.535. The number of ether oxygens (including phenoxy) is 1. The van der Waals surface area contributed by atoms with E-state index in [0.717, 1.165) is 103 Å². The van der Waals surface area contributed by atoms with Crippen LogP contribution in [0.15, 0.2) is 72.9 Å². The van der Waals surface area contributed by atoms with Crippen molar-refractivity contribution in [1.29, 1.82) is 0 Å². The summed E-state index contributed by atoms with van der Waals surface area (Å²) >= 11 is 0. The molecule has 0 spiro atoms. The molecule has 0 aromatic carbocycles. The molecule has 0 saturated heterocycles. The molecule has 0 aliphatic rings. The van der Waals surface area contributed by atoms with Gasteiger partial charge in [-0.1, -0.05) is 216 Å². The van der Waals surface area contributed by atoms with Crippen LogP contribution in [0.1, 0.15) is 252 Å². The quantitative estimate of drug-likeness (QED) is 0.0156. The summed E-state index contributed by atoms with van der Waals surface area (Å²) < 4.78 is 30.6. The van der Waals surface area contributed by atoms with Crippen molar-refractivity contribution >= 4 is 19.7 Å². The zero-order chi connectivity index (χ0) is 52.2. The molecule has 2 N–H and O–H groups in total. The first-order valence-corrected chi connectivity index (χ1v) is 30.8. The van der Waals surface area contributed by atoms with Gasteiger partial charge in [0.05, 0.1) is 33.8 Å². The average molecular weight is 1020 g/mol. The van der Waals surface area contributed by atoms with E-state index < -0.39 is 20.0 Å². The molecule has 0 aromatic heterocycles. The van der Waals surface area contributed by atoms with Gasteiger partial charge in [0.25, 0.3) is 0 Å². The van der Waals surface area contributed by atoms with Gasteiger partial charge >= 0.3 is 13.8 Å². The van der Waals surface area contributed by atoms with Crippen LogP contribution < -0.4 is 5.32 Å². The van der Waals surface area contributed by atoms with Crippen LogP contribution in [0.25, 0.3) is 0 Å². The van der Waals surface area contributed by atoms with E-state index in [-0.39, 0.29) is 31.5 Å². The highest BCUT2D eigenvalue weighted by Gasteiger charge is 2.30. The number of carbonyl (C=O) groups excluding carboxylic acids is 2. The maximum Gasteiger partial charge on any atom is 0.472 e. The maximum absolute atomic E-state index is 13.5. The van der Waals surface area contributed by atoms with Crippen LogP contribution in [0, 0.1) is 0 Å². The Hall–Kier alpha value is -2.55. The molecule has 0 fully saturated rings. The fraction of sp³-hybridized carbons (Fsp3) is 0.770. The van der Waals surface area contributed by atoms with Gasteiger partial charge in [-0.2, -0.15) is 0 Å². The number of hydrogen-bond donors (Lipinski definition) is 2. The zero-order valence-corrected chi connectivity index (χ0v) is 47.8. The Balaban J connectivity index is 5.33. The highest BCUT2D eigenvalue weighted by atomic mass is 31.2. The first-order chi connectivity index (χ1) is 34.4. The van der Waals surface area contributed by atoms with Crippen LogP contribution in [0.3, 0.4) is 0 Å². The number of allylic oxidation sites excluding steroid dienone is 11. The summed E-state index contributed by atoms with van der Waals surface area (Å²) in [6.45, 7) is 6.92. The second kappa shape index (κ2) is 51.0. The lowest BCUT2D eigenvalue weighted by molar-refractivity contribution is -0.870. The molecular formula is C61H112N2O7P+. The third-order valence-electron chi connectivity index (χ3n) is 12.6. The fourth-order valence-electron chi connectivity index (χ4n) is 8.05. The standard InChI is InChI=1S/C61H111N2O7P/c1-7-10-13-16-19-22-25-27-29-30-31-32-34-35-38-41-44-47-50-53-60(64)62-58(57-69-71(66,67)68-56-55-63(4,5)6)59(52-49-46-43-40-37-24-21-18-15-12-9-3)70-61(65)54-51-48-45-42-39-36-33-28-26-23-20-17-14-11-8-2/h19-20,22-23,26-29,31-32,49,52,58-59H,7-18,21,24-25,30,33-48,50-51,53-57H2,1-6H3,(H-,62,64,66,67)/p+1/b22-19-,23-20+,28-26+,29-27-,32-31-,52-49-. The molecule has 0 aromatic rings. The molecule has 9 nitrogen and oxygen atoms in total. The predicted octanol–water partition coefficient (Wildman–Crippen LogP) is 17.7. The van der Waals surface area contributed by atoms with Gasteiger partial charge in [0.15, 0.2) is 0 Å². The number of nitrogens with one attached hydrogen (secondary N) is 1. The van der Waals surface area contributed by atoms with Gasteiger partial charge < -0.3 is 19.4 Å². The third-order valence-corrected chi connectivity index (χ3v) is 13.6. The SMILES string of the molecule is CCCCC/C=C\C/C=C\C/C=C\CCCCCCCCC(=O)NC(COP(=O)(O)OCC[N+](C)(C)C)C(/C=C\CCCCCCCCCCC)OC(=O)CCCCCCCC/C=C/C=C/CCCCC. The molecular weight excluding hydrogens is 904 g/mol. The number of phosphoric acid groups is 1. The minimum absolute atomic E-state index is 0.0329. The number of quaternary nitrogens is 1. The fourth-order valence-corrected chi connectivity index (χ4v) is 8.79. The normalized spacial score (nSPS) is 14.3. The molecule has 412 valence electrons. The number of hydrogen-bond acceptors (Lipinski definition) is 6. The molecule has 0 aliphatic heterocycles. The largest absolute Gasteiger partial charge is 0.472 e. The van der Waals surface area contributed by atoms with Gasteiger partial charge in [-0.15, -0.1) is 0 Å². The van der Waals surface area contributed by atoms with Crippen molar-refractivity contribution in [3.8, 4) is 0 Å². The lowest BCUT2D eigenvalue weighted by atomic mass is 10.1. The molecule has 0 heterocycles. The number of unbranched alkanes of at least 4 members (excludes halogenated alkanes) is 27. The van der Waals surface area contributed by atoms with Crippen LogP contribution in [-0.4, -0.2) is 74.3 Å². The van der Waals surface area contributed by atoms with Gasteiger partial charge in [0.2, 0.25) is 5.91 Å². The monoisotopic (exact) mass is 1020 g/mol. The zero-order valence-electron chi connectivity index (χ0n) is 47.0. The topological polar surface area (TPSA) is 111 Å². The minimum Gasteiger partial charge on any atom is -0.456 e. The first kappa shape index (κ1) is 68.5. The Morgan fingerprint density at radius 1 is 0.507 bits per heavy atom. The van der Waals surface area contributed by atoms with Gasteiger partial charge in [-0.05, 0) is 96.0 Å². The number of amides is 1. The van der Waals surface area contributed by atoms with Crippen molar-refractivity contribution in [1.82, 2.24) is 5.32 Å². The second-order valence-corrected chi connectivity index (χ2v) is 22.3. The van der Waals surface area contributed by atoms with Crippen molar-refractivity contribution in [3.05, 3.63) is 72.9 Å². The number of phosphoric ester groups is 1. The van der Waals surface area contributed by atoms with E-state index in [9.17, 15) is 19.0 Å². The van der Waals surface area contributed by atoms with Gasteiger partial charge in [-0.25, -0.2) is 4.57 Å². The van der Waals surface area contributed by atoms with Crippen molar-refractivity contribution in [3.63, 3.8) is 0 Å². The van der Waals surface area contributed by atoms with Crippen LogP contribution in [0.4, 0.5) is 0 Å². The van der Waals surface area contributed by atoms with Gasteiger partial charge in [-0.3, -0.25) is 18.6 Å². The van der Waals surface area contributed by atoms with Crippen LogP contribution in [-0.2, 0) is 27.9 Å². The summed E-state index contributed by atoms with van der Waals surface area (Å²) in [6.07, 6.45) is 64.6. The van der Waals surface area contributed by atoms with Crippen LogP contribution in [0.2, 0.25) is 0 Å². The molecule has 0 bridgehead atoms. The lowest BCUT2D eigenvalue weighted by Gasteiger charge is -2.27. The Morgan fingerprint density at radius 2 is 0.901 bits per heavy atom. The van der Waals surface area contributed by atoms with Gasteiger partial charge in [0, 0.05) is 12.8 Å². The Morgan fingerprint density at radius 3 is 1.39 bits per heavy atom. The smallest absolute Gasteiger partial charge is 0.456 e. The molecule has 71 heavy (non-hydrogen) atoms. The first-order valence-electron chi connectivity index (χ1n) is 29.3. The maximum atomic E-state index is 13.5. The van der Waals surface area contributed by atoms with E-state index in [1.54, 1.807) is 0 Å². The average Bonchev–Trinajstić information content (AvgIpc) is 3.33. The number of rotatable bonds is 52. The Kier molecular flexibility index (Phi) is 49.1.